The highest BCUT2D eigenvalue weighted by Crippen LogP contribution is 2.28. The molecule has 2 aromatic heterocycles. The van der Waals surface area contributed by atoms with Gasteiger partial charge in [0.1, 0.15) is 5.69 Å². The van der Waals surface area contributed by atoms with Crippen molar-refractivity contribution in [3.8, 4) is 0 Å². The van der Waals surface area contributed by atoms with Crippen LogP contribution in [0.5, 0.6) is 0 Å². The van der Waals surface area contributed by atoms with Gasteiger partial charge < -0.3 is 4.74 Å². The lowest BCUT2D eigenvalue weighted by molar-refractivity contribution is 0.0519. The lowest BCUT2D eigenvalue weighted by atomic mass is 10.1. The third-order valence-electron chi connectivity index (χ3n) is 4.73. The van der Waals surface area contributed by atoms with Gasteiger partial charge in [-0.15, -0.1) is 0 Å². The molecular weight excluding hydrogens is 412 g/mol. The Morgan fingerprint density at radius 2 is 1.71 bits per heavy atom. The van der Waals surface area contributed by atoms with Gasteiger partial charge in [0.2, 0.25) is 0 Å². The maximum absolute atomic E-state index is 13.3. The summed E-state index contributed by atoms with van der Waals surface area (Å²) >= 11 is 0. The average Bonchev–Trinajstić information content (AvgIpc) is 3.18. The van der Waals surface area contributed by atoms with E-state index in [1.54, 1.807) is 49.5 Å². The standard InChI is InChI=1S/C24H20N2O4S/c1-2-30-24(27)22-15-21-19(14-13-18-9-5-3-6-10-18)17-26(23(21)16-25-22)31(28,29)20-11-7-4-8-12-20/h3-17H,2H2,1H3/b14-13+. The van der Waals surface area contributed by atoms with Crippen molar-refractivity contribution in [3.05, 3.63) is 95.9 Å². The van der Waals surface area contributed by atoms with Gasteiger partial charge in [-0.25, -0.2) is 22.2 Å². The van der Waals surface area contributed by atoms with Crippen LogP contribution < -0.4 is 0 Å². The van der Waals surface area contributed by atoms with Crippen molar-refractivity contribution in [2.75, 3.05) is 6.61 Å². The van der Waals surface area contributed by atoms with Crippen LogP contribution in [0.2, 0.25) is 0 Å². The predicted molar refractivity (Wildman–Crippen MR) is 120 cm³/mol. The molecule has 2 aromatic carbocycles. The summed E-state index contributed by atoms with van der Waals surface area (Å²) in [5.41, 5.74) is 2.11. The fourth-order valence-corrected chi connectivity index (χ4v) is 4.61. The van der Waals surface area contributed by atoms with E-state index in [9.17, 15) is 13.2 Å². The van der Waals surface area contributed by atoms with E-state index in [4.69, 9.17) is 4.74 Å². The minimum Gasteiger partial charge on any atom is -0.461 e. The molecule has 31 heavy (non-hydrogen) atoms. The van der Waals surface area contributed by atoms with Crippen molar-refractivity contribution in [2.45, 2.75) is 11.8 Å². The Balaban J connectivity index is 1.89. The SMILES string of the molecule is CCOC(=O)c1cc2c(/C=C/c3ccccc3)cn(S(=O)(=O)c3ccccc3)c2cn1. The molecule has 0 unspecified atom stereocenters. The Bertz CT molecular complexity index is 1360. The Hall–Kier alpha value is -3.71. The number of benzene rings is 2. The van der Waals surface area contributed by atoms with E-state index in [1.807, 2.05) is 42.5 Å². The second-order valence-electron chi connectivity index (χ2n) is 6.75. The van der Waals surface area contributed by atoms with Gasteiger partial charge in [-0.1, -0.05) is 60.7 Å². The summed E-state index contributed by atoms with van der Waals surface area (Å²) in [6, 6.07) is 19.4. The van der Waals surface area contributed by atoms with Gasteiger partial charge >= 0.3 is 5.97 Å². The third-order valence-corrected chi connectivity index (χ3v) is 6.42. The number of esters is 1. The van der Waals surface area contributed by atoms with Crippen LogP contribution in [0.1, 0.15) is 28.5 Å². The quantitative estimate of drug-likeness (QED) is 0.416. The minimum atomic E-state index is -3.84. The molecule has 0 radical (unpaired) electrons. The summed E-state index contributed by atoms with van der Waals surface area (Å²) in [4.78, 5) is 16.5. The lowest BCUT2D eigenvalue weighted by Crippen LogP contribution is -2.12. The molecule has 0 aliphatic rings. The third kappa shape index (κ3) is 4.13. The number of fused-ring (bicyclic) bond motifs is 1. The van der Waals surface area contributed by atoms with E-state index in [0.717, 1.165) is 5.56 Å². The highest BCUT2D eigenvalue weighted by atomic mass is 32.2. The van der Waals surface area contributed by atoms with E-state index in [0.29, 0.717) is 16.5 Å². The van der Waals surface area contributed by atoms with Gasteiger partial charge in [-0.05, 0) is 30.7 Å². The van der Waals surface area contributed by atoms with Crippen LogP contribution in [0.15, 0.2) is 84.0 Å². The Morgan fingerprint density at radius 1 is 1.03 bits per heavy atom. The zero-order valence-electron chi connectivity index (χ0n) is 16.8. The fourth-order valence-electron chi connectivity index (χ4n) is 3.22. The minimum absolute atomic E-state index is 0.124. The average molecular weight is 433 g/mol. The number of carbonyl (C=O) groups is 1. The zero-order chi connectivity index (χ0) is 21.8. The smallest absolute Gasteiger partial charge is 0.356 e. The molecule has 4 aromatic rings. The lowest BCUT2D eigenvalue weighted by Gasteiger charge is -2.07. The first-order valence-corrected chi connectivity index (χ1v) is 11.2. The molecule has 0 saturated heterocycles. The van der Waals surface area contributed by atoms with Gasteiger partial charge in [-0.3, -0.25) is 0 Å². The van der Waals surface area contributed by atoms with E-state index in [-0.39, 0.29) is 17.2 Å². The molecule has 0 aliphatic carbocycles. The summed E-state index contributed by atoms with van der Waals surface area (Å²) in [6.07, 6.45) is 6.65. The van der Waals surface area contributed by atoms with Crippen molar-refractivity contribution >= 4 is 39.0 Å². The molecule has 156 valence electrons. The molecule has 0 fully saturated rings. The molecule has 0 spiro atoms. The van der Waals surface area contributed by atoms with Crippen LogP contribution >= 0.6 is 0 Å². The number of hydrogen-bond donors (Lipinski definition) is 0. The molecule has 0 aliphatic heterocycles. The van der Waals surface area contributed by atoms with Gasteiger partial charge in [0.15, 0.2) is 0 Å². The maximum Gasteiger partial charge on any atom is 0.356 e. The normalized spacial score (nSPS) is 11.8. The first-order valence-electron chi connectivity index (χ1n) is 9.72. The van der Waals surface area contributed by atoms with E-state index >= 15 is 0 Å². The highest BCUT2D eigenvalue weighted by molar-refractivity contribution is 7.90. The molecular formula is C24H20N2O4S. The topological polar surface area (TPSA) is 78.3 Å². The summed E-state index contributed by atoms with van der Waals surface area (Å²) in [6.45, 7) is 1.94. The molecule has 2 heterocycles. The summed E-state index contributed by atoms with van der Waals surface area (Å²) in [5.74, 6) is -0.555. The van der Waals surface area contributed by atoms with Crippen LogP contribution in [0, 0.1) is 0 Å². The Kier molecular flexibility index (Phi) is 5.68. The van der Waals surface area contributed by atoms with Crippen molar-refractivity contribution in [1.82, 2.24) is 8.96 Å². The van der Waals surface area contributed by atoms with Crippen LogP contribution in [-0.4, -0.2) is 30.0 Å². The number of rotatable bonds is 6. The first kappa shape index (κ1) is 20.6. The number of ether oxygens (including phenoxy) is 1. The number of carbonyl (C=O) groups excluding carboxylic acids is 1. The van der Waals surface area contributed by atoms with Crippen molar-refractivity contribution in [3.63, 3.8) is 0 Å². The van der Waals surface area contributed by atoms with Crippen LogP contribution in [0.25, 0.3) is 23.1 Å². The number of aromatic nitrogens is 2. The predicted octanol–water partition coefficient (Wildman–Crippen LogP) is 4.62. The molecule has 0 N–H and O–H groups in total. The van der Waals surface area contributed by atoms with Gasteiger partial charge in [0.25, 0.3) is 10.0 Å². The largest absolute Gasteiger partial charge is 0.461 e. The monoisotopic (exact) mass is 432 g/mol. The number of pyridine rings is 1. The number of nitrogens with zero attached hydrogens (tertiary/aromatic N) is 2. The Labute approximate surface area is 180 Å². The van der Waals surface area contributed by atoms with Crippen LogP contribution in [0.3, 0.4) is 0 Å². The molecule has 4 rings (SSSR count). The summed E-state index contributed by atoms with van der Waals surface area (Å²) in [5, 5.41) is 0.588. The molecule has 0 bridgehead atoms. The van der Waals surface area contributed by atoms with Crippen molar-refractivity contribution in [2.24, 2.45) is 0 Å². The van der Waals surface area contributed by atoms with Gasteiger partial charge in [0.05, 0.1) is 23.2 Å². The fraction of sp³-hybridized carbons (Fsp3) is 0.0833. The summed E-state index contributed by atoms with van der Waals surface area (Å²) in [7, 11) is -3.84. The van der Waals surface area contributed by atoms with E-state index < -0.39 is 16.0 Å². The first-order chi connectivity index (χ1) is 15.0. The van der Waals surface area contributed by atoms with Crippen LogP contribution in [-0.2, 0) is 14.8 Å². The van der Waals surface area contributed by atoms with E-state index in [2.05, 4.69) is 4.98 Å². The van der Waals surface area contributed by atoms with E-state index in [1.165, 1.54) is 10.2 Å². The molecule has 6 nitrogen and oxygen atoms in total. The molecule has 0 atom stereocenters. The van der Waals surface area contributed by atoms with Crippen molar-refractivity contribution < 1.29 is 17.9 Å². The Morgan fingerprint density at radius 3 is 2.39 bits per heavy atom. The zero-order valence-corrected chi connectivity index (χ0v) is 17.6. The number of hydrogen-bond acceptors (Lipinski definition) is 5. The highest BCUT2D eigenvalue weighted by Gasteiger charge is 2.22. The maximum atomic E-state index is 13.3. The molecule has 0 amide bonds. The summed E-state index contributed by atoms with van der Waals surface area (Å²) < 4.78 is 32.8. The second-order valence-corrected chi connectivity index (χ2v) is 8.56. The van der Waals surface area contributed by atoms with Gasteiger partial charge in [-0.2, -0.15) is 0 Å². The van der Waals surface area contributed by atoms with Crippen molar-refractivity contribution in [1.29, 1.82) is 0 Å². The van der Waals surface area contributed by atoms with Crippen LogP contribution in [0.4, 0.5) is 0 Å². The van der Waals surface area contributed by atoms with Gasteiger partial charge in [0, 0.05) is 17.1 Å². The molecule has 7 heteroatoms. The second kappa shape index (κ2) is 8.57. The molecule has 0 saturated carbocycles.